The second kappa shape index (κ2) is 5.32. The van der Waals surface area contributed by atoms with Crippen LogP contribution in [-0.2, 0) is 10.4 Å². The van der Waals surface area contributed by atoms with Crippen molar-refractivity contribution in [1.82, 2.24) is 0 Å². The van der Waals surface area contributed by atoms with Crippen LogP contribution in [0.2, 0.25) is 0 Å². The van der Waals surface area contributed by atoms with Crippen molar-refractivity contribution in [2.45, 2.75) is 32.8 Å². The lowest BCUT2D eigenvalue weighted by Crippen LogP contribution is -2.36. The van der Waals surface area contributed by atoms with Crippen LogP contribution in [0.4, 0.5) is 5.69 Å². The van der Waals surface area contributed by atoms with Crippen LogP contribution >= 0.6 is 0 Å². The smallest absolute Gasteiger partial charge is 0.261 e. The van der Waals surface area contributed by atoms with Crippen molar-refractivity contribution in [3.8, 4) is 0 Å². The van der Waals surface area contributed by atoms with E-state index in [1.165, 1.54) is 0 Å². The van der Waals surface area contributed by atoms with Crippen molar-refractivity contribution >= 4 is 17.4 Å². The van der Waals surface area contributed by atoms with Gasteiger partial charge in [-0.25, -0.2) is 0 Å². The number of rotatable bonds is 3. The number of ketones is 1. The van der Waals surface area contributed by atoms with E-state index in [2.05, 4.69) is 5.32 Å². The molecule has 2 N–H and O–H groups in total. The van der Waals surface area contributed by atoms with E-state index in [0.717, 1.165) is 16.7 Å². The highest BCUT2D eigenvalue weighted by molar-refractivity contribution is 6.09. The molecule has 0 aromatic heterocycles. The Kier molecular flexibility index (Phi) is 3.57. The lowest BCUT2D eigenvalue weighted by molar-refractivity contribution is -0.133. The Morgan fingerprint density at radius 3 is 2.43 bits per heavy atom. The van der Waals surface area contributed by atoms with Gasteiger partial charge in [0.05, 0.1) is 6.42 Å². The predicted molar refractivity (Wildman–Crippen MR) is 88.6 cm³/mol. The van der Waals surface area contributed by atoms with Gasteiger partial charge in [-0.3, -0.25) is 9.59 Å². The average molecular weight is 309 g/mol. The summed E-state index contributed by atoms with van der Waals surface area (Å²) in [6, 6.07) is 10.9. The van der Waals surface area contributed by atoms with Crippen LogP contribution < -0.4 is 5.32 Å². The number of anilines is 1. The predicted octanol–water partition coefficient (Wildman–Crippen LogP) is 3.02. The topological polar surface area (TPSA) is 66.4 Å². The molecular formula is C19H19NO3. The quantitative estimate of drug-likeness (QED) is 0.857. The molecule has 4 nitrogen and oxygen atoms in total. The molecule has 0 saturated carbocycles. The number of Topliss-reactive ketones (excluding diaryl/α,β-unsaturated/α-hetero) is 1. The lowest BCUT2D eigenvalue weighted by atomic mass is 9.86. The summed E-state index contributed by atoms with van der Waals surface area (Å²) in [6.07, 6.45) is -0.265. The van der Waals surface area contributed by atoms with Gasteiger partial charge in [-0.15, -0.1) is 0 Å². The molecule has 4 heteroatoms. The zero-order chi connectivity index (χ0) is 16.8. The highest BCUT2D eigenvalue weighted by atomic mass is 16.3. The number of carbonyl (C=O) groups excluding carboxylic acids is 2. The highest BCUT2D eigenvalue weighted by Crippen LogP contribution is 2.39. The largest absolute Gasteiger partial charge is 0.375 e. The summed E-state index contributed by atoms with van der Waals surface area (Å²) in [6.45, 7) is 5.70. The van der Waals surface area contributed by atoms with Crippen molar-refractivity contribution in [3.05, 3.63) is 64.2 Å². The van der Waals surface area contributed by atoms with Gasteiger partial charge in [0.15, 0.2) is 11.4 Å². The Bertz CT molecular complexity index is 825. The van der Waals surface area contributed by atoms with Gasteiger partial charge in [-0.05, 0) is 32.4 Å². The van der Waals surface area contributed by atoms with E-state index in [1.54, 1.807) is 18.2 Å². The number of hydrogen-bond acceptors (Lipinski definition) is 3. The van der Waals surface area contributed by atoms with Crippen molar-refractivity contribution in [1.29, 1.82) is 0 Å². The molecule has 1 aliphatic heterocycles. The molecule has 118 valence electrons. The Hall–Kier alpha value is -2.46. The van der Waals surface area contributed by atoms with Crippen molar-refractivity contribution in [2.75, 3.05) is 5.32 Å². The van der Waals surface area contributed by atoms with Gasteiger partial charge in [-0.2, -0.15) is 0 Å². The Balaban J connectivity index is 1.97. The molecule has 1 unspecified atom stereocenters. The van der Waals surface area contributed by atoms with Gasteiger partial charge in [-0.1, -0.05) is 41.5 Å². The first kappa shape index (κ1) is 15.4. The van der Waals surface area contributed by atoms with Crippen LogP contribution in [0.15, 0.2) is 36.4 Å². The summed E-state index contributed by atoms with van der Waals surface area (Å²) in [5.74, 6) is -0.786. The van der Waals surface area contributed by atoms with E-state index in [4.69, 9.17) is 0 Å². The van der Waals surface area contributed by atoms with Gasteiger partial charge in [0.25, 0.3) is 5.91 Å². The zero-order valence-corrected chi connectivity index (χ0v) is 13.4. The molecule has 1 heterocycles. The second-order valence-electron chi connectivity index (χ2n) is 6.28. The molecule has 2 aromatic carbocycles. The molecule has 0 fully saturated rings. The van der Waals surface area contributed by atoms with Crippen LogP contribution in [0.1, 0.15) is 39.0 Å². The maximum Gasteiger partial charge on any atom is 0.261 e. The molecule has 2 aromatic rings. The van der Waals surface area contributed by atoms with E-state index in [0.29, 0.717) is 16.8 Å². The maximum atomic E-state index is 12.6. The van der Waals surface area contributed by atoms with Gasteiger partial charge >= 0.3 is 0 Å². The normalized spacial score (nSPS) is 19.4. The van der Waals surface area contributed by atoms with Crippen LogP contribution in [0.25, 0.3) is 0 Å². The number of aliphatic hydroxyl groups is 1. The van der Waals surface area contributed by atoms with Gasteiger partial charge in [0.1, 0.15) is 0 Å². The fourth-order valence-electron chi connectivity index (χ4n) is 3.09. The van der Waals surface area contributed by atoms with Crippen LogP contribution in [0.3, 0.4) is 0 Å². The molecule has 23 heavy (non-hydrogen) atoms. The first-order valence-electron chi connectivity index (χ1n) is 7.57. The summed E-state index contributed by atoms with van der Waals surface area (Å²) >= 11 is 0. The monoisotopic (exact) mass is 309 g/mol. The van der Waals surface area contributed by atoms with Crippen LogP contribution in [0.5, 0.6) is 0 Å². The molecule has 0 radical (unpaired) electrons. The first-order valence-corrected chi connectivity index (χ1v) is 7.57. The van der Waals surface area contributed by atoms with E-state index >= 15 is 0 Å². The van der Waals surface area contributed by atoms with Crippen LogP contribution in [-0.4, -0.2) is 16.8 Å². The number of carbonyl (C=O) groups is 2. The number of fused-ring (bicyclic) bond motifs is 1. The van der Waals surface area contributed by atoms with Gasteiger partial charge in [0, 0.05) is 16.8 Å². The van der Waals surface area contributed by atoms with E-state index in [9.17, 15) is 14.7 Å². The molecule has 1 amide bonds. The summed E-state index contributed by atoms with van der Waals surface area (Å²) in [5.41, 5.74) is 2.61. The average Bonchev–Trinajstić information content (AvgIpc) is 2.70. The number of amides is 1. The van der Waals surface area contributed by atoms with E-state index in [-0.39, 0.29) is 12.2 Å². The standard InChI is InChI=1S/C19H19NO3/c1-11-4-6-14(13(3)8-11)17(21)10-19(23)15-9-12(2)5-7-16(15)20-18(19)22/h4-9,23H,10H2,1-3H3,(H,20,22). The first-order chi connectivity index (χ1) is 10.8. The minimum absolute atomic E-state index is 0.241. The van der Waals surface area contributed by atoms with Crippen molar-refractivity contribution in [3.63, 3.8) is 0 Å². The van der Waals surface area contributed by atoms with E-state index < -0.39 is 11.5 Å². The molecule has 1 aliphatic rings. The van der Waals surface area contributed by atoms with Gasteiger partial charge in [0.2, 0.25) is 0 Å². The molecule has 0 spiro atoms. The number of aryl methyl sites for hydroxylation is 3. The number of nitrogens with one attached hydrogen (secondary N) is 1. The van der Waals surface area contributed by atoms with Crippen molar-refractivity contribution in [2.24, 2.45) is 0 Å². The molecule has 0 saturated heterocycles. The maximum absolute atomic E-state index is 12.6. The lowest BCUT2D eigenvalue weighted by Gasteiger charge is -2.21. The Morgan fingerprint density at radius 2 is 1.74 bits per heavy atom. The third kappa shape index (κ3) is 2.55. The van der Waals surface area contributed by atoms with Crippen LogP contribution in [0, 0.1) is 20.8 Å². The third-order valence-corrected chi connectivity index (χ3v) is 4.34. The fourth-order valence-corrected chi connectivity index (χ4v) is 3.09. The fraction of sp³-hybridized carbons (Fsp3) is 0.263. The van der Waals surface area contributed by atoms with Gasteiger partial charge < -0.3 is 10.4 Å². The summed E-state index contributed by atoms with van der Waals surface area (Å²) in [7, 11) is 0. The SMILES string of the molecule is Cc1ccc(C(=O)CC2(O)C(=O)Nc3ccc(C)cc32)c(C)c1. The summed E-state index contributed by atoms with van der Waals surface area (Å²) in [5, 5.41) is 13.5. The summed E-state index contributed by atoms with van der Waals surface area (Å²) < 4.78 is 0. The Labute approximate surface area is 135 Å². The minimum atomic E-state index is -1.81. The summed E-state index contributed by atoms with van der Waals surface area (Å²) in [4.78, 5) is 24.9. The molecule has 3 rings (SSSR count). The second-order valence-corrected chi connectivity index (χ2v) is 6.28. The van der Waals surface area contributed by atoms with Crippen molar-refractivity contribution < 1.29 is 14.7 Å². The van der Waals surface area contributed by atoms with E-state index in [1.807, 2.05) is 39.0 Å². The minimum Gasteiger partial charge on any atom is -0.375 e. The number of hydrogen-bond donors (Lipinski definition) is 2. The highest BCUT2D eigenvalue weighted by Gasteiger charge is 2.46. The Morgan fingerprint density at radius 1 is 1.09 bits per heavy atom. The molecule has 1 atom stereocenters. The third-order valence-electron chi connectivity index (χ3n) is 4.34. The molecule has 0 bridgehead atoms. The zero-order valence-electron chi connectivity index (χ0n) is 13.4. The molecular weight excluding hydrogens is 290 g/mol. The number of benzene rings is 2. The molecule has 0 aliphatic carbocycles.